The van der Waals surface area contributed by atoms with Gasteiger partial charge in [-0.15, -0.1) is 11.8 Å². The van der Waals surface area contributed by atoms with Crippen LogP contribution in [0.5, 0.6) is 0 Å². The standard InChI is InChI=1S/C13H18O4S2/c1-4-9-19(16,17)11-7-5-10(6-8-11)18-13(2,3)12(14)15/h5-8H,4,9H2,1-3H3,(H,14,15). The van der Waals surface area contributed by atoms with Gasteiger partial charge in [0.25, 0.3) is 0 Å². The van der Waals surface area contributed by atoms with Gasteiger partial charge in [0.15, 0.2) is 9.84 Å². The lowest BCUT2D eigenvalue weighted by Crippen LogP contribution is -2.26. The predicted octanol–water partition coefficient (Wildman–Crippen LogP) is 2.83. The fourth-order valence-corrected chi connectivity index (χ4v) is 3.71. The number of aliphatic carboxylic acids is 1. The Balaban J connectivity index is 2.92. The number of hydrogen-bond acceptors (Lipinski definition) is 4. The Labute approximate surface area is 118 Å². The Kier molecular flexibility index (Phi) is 5.04. The van der Waals surface area contributed by atoms with Crippen LogP contribution in [0.4, 0.5) is 0 Å². The van der Waals surface area contributed by atoms with Gasteiger partial charge in [0.05, 0.1) is 10.6 Å². The van der Waals surface area contributed by atoms with Crippen molar-refractivity contribution in [1.29, 1.82) is 0 Å². The van der Waals surface area contributed by atoms with E-state index in [0.717, 1.165) is 4.90 Å². The van der Waals surface area contributed by atoms with E-state index in [2.05, 4.69) is 0 Å². The van der Waals surface area contributed by atoms with Crippen molar-refractivity contribution in [3.8, 4) is 0 Å². The molecule has 0 fully saturated rings. The molecule has 1 aromatic rings. The number of hydrogen-bond donors (Lipinski definition) is 1. The zero-order valence-electron chi connectivity index (χ0n) is 11.2. The third-order valence-electron chi connectivity index (χ3n) is 2.54. The Morgan fingerprint density at radius 1 is 1.26 bits per heavy atom. The zero-order valence-corrected chi connectivity index (χ0v) is 12.8. The Morgan fingerprint density at radius 3 is 2.21 bits per heavy atom. The minimum Gasteiger partial charge on any atom is -0.480 e. The van der Waals surface area contributed by atoms with Gasteiger partial charge in [0.1, 0.15) is 4.75 Å². The van der Waals surface area contributed by atoms with Gasteiger partial charge in [0.2, 0.25) is 0 Å². The van der Waals surface area contributed by atoms with Gasteiger partial charge in [-0.05, 0) is 44.5 Å². The molecule has 0 bridgehead atoms. The van der Waals surface area contributed by atoms with Crippen LogP contribution in [0.2, 0.25) is 0 Å². The molecule has 0 heterocycles. The number of sulfone groups is 1. The molecule has 0 radical (unpaired) electrons. The molecular weight excluding hydrogens is 284 g/mol. The lowest BCUT2D eigenvalue weighted by atomic mass is 10.2. The van der Waals surface area contributed by atoms with Gasteiger partial charge in [-0.25, -0.2) is 8.42 Å². The number of thioether (sulfide) groups is 1. The van der Waals surface area contributed by atoms with Crippen LogP contribution in [-0.4, -0.2) is 30.0 Å². The molecule has 0 saturated carbocycles. The molecule has 0 aromatic heterocycles. The summed E-state index contributed by atoms with van der Waals surface area (Å²) in [6, 6.07) is 6.37. The lowest BCUT2D eigenvalue weighted by Gasteiger charge is -2.18. The van der Waals surface area contributed by atoms with Crippen molar-refractivity contribution in [1.82, 2.24) is 0 Å². The van der Waals surface area contributed by atoms with Crippen molar-refractivity contribution in [2.45, 2.75) is 41.7 Å². The summed E-state index contributed by atoms with van der Waals surface area (Å²) in [6.07, 6.45) is 0.574. The third kappa shape index (κ3) is 4.24. The van der Waals surface area contributed by atoms with Gasteiger partial charge in [0, 0.05) is 4.90 Å². The second-order valence-electron chi connectivity index (χ2n) is 4.71. The molecule has 1 rings (SSSR count). The van der Waals surface area contributed by atoms with Crippen LogP contribution in [0.25, 0.3) is 0 Å². The molecule has 19 heavy (non-hydrogen) atoms. The molecule has 6 heteroatoms. The van der Waals surface area contributed by atoms with E-state index in [-0.39, 0.29) is 10.6 Å². The monoisotopic (exact) mass is 302 g/mol. The summed E-state index contributed by atoms with van der Waals surface area (Å²) >= 11 is 1.19. The predicted molar refractivity (Wildman–Crippen MR) is 76.4 cm³/mol. The average molecular weight is 302 g/mol. The molecule has 0 saturated heterocycles. The summed E-state index contributed by atoms with van der Waals surface area (Å²) in [6.45, 7) is 5.04. The van der Waals surface area contributed by atoms with E-state index in [0.29, 0.717) is 6.42 Å². The Hall–Kier alpha value is -1.01. The van der Waals surface area contributed by atoms with Gasteiger partial charge in [-0.1, -0.05) is 6.92 Å². The van der Waals surface area contributed by atoms with Crippen LogP contribution in [0, 0.1) is 0 Å². The molecule has 0 aliphatic rings. The summed E-state index contributed by atoms with van der Waals surface area (Å²) in [5.74, 6) is -0.778. The number of benzene rings is 1. The molecule has 0 unspecified atom stereocenters. The van der Waals surface area contributed by atoms with E-state index in [9.17, 15) is 13.2 Å². The fourth-order valence-electron chi connectivity index (χ4n) is 1.44. The quantitative estimate of drug-likeness (QED) is 0.818. The molecule has 1 N–H and O–H groups in total. The number of carboxylic acids is 1. The van der Waals surface area contributed by atoms with Crippen molar-refractivity contribution in [3.05, 3.63) is 24.3 Å². The summed E-state index contributed by atoms with van der Waals surface area (Å²) in [7, 11) is -3.21. The molecule has 0 spiro atoms. The van der Waals surface area contributed by atoms with E-state index in [1.54, 1.807) is 26.0 Å². The maximum atomic E-state index is 11.8. The van der Waals surface area contributed by atoms with E-state index in [4.69, 9.17) is 5.11 Å². The van der Waals surface area contributed by atoms with E-state index < -0.39 is 20.6 Å². The second-order valence-corrected chi connectivity index (χ2v) is 8.51. The van der Waals surface area contributed by atoms with Crippen LogP contribution in [0.15, 0.2) is 34.1 Å². The molecule has 0 atom stereocenters. The first-order valence-electron chi connectivity index (χ1n) is 5.94. The average Bonchev–Trinajstić information content (AvgIpc) is 2.28. The minimum atomic E-state index is -3.21. The third-order valence-corrected chi connectivity index (χ3v) is 5.67. The van der Waals surface area contributed by atoms with Gasteiger partial charge >= 0.3 is 5.97 Å². The minimum absolute atomic E-state index is 0.125. The summed E-state index contributed by atoms with van der Waals surface area (Å²) in [5.41, 5.74) is 0. The first-order valence-corrected chi connectivity index (χ1v) is 8.41. The number of carbonyl (C=O) groups is 1. The molecule has 4 nitrogen and oxygen atoms in total. The van der Waals surface area contributed by atoms with Crippen molar-refractivity contribution >= 4 is 27.6 Å². The Bertz CT molecular complexity index is 545. The van der Waals surface area contributed by atoms with Crippen LogP contribution in [-0.2, 0) is 14.6 Å². The van der Waals surface area contributed by atoms with Gasteiger partial charge in [-0.2, -0.15) is 0 Å². The highest BCUT2D eigenvalue weighted by Crippen LogP contribution is 2.33. The van der Waals surface area contributed by atoms with Crippen LogP contribution < -0.4 is 0 Å². The van der Waals surface area contributed by atoms with Crippen molar-refractivity contribution in [2.24, 2.45) is 0 Å². The van der Waals surface area contributed by atoms with Crippen LogP contribution >= 0.6 is 11.8 Å². The topological polar surface area (TPSA) is 71.4 Å². The van der Waals surface area contributed by atoms with Crippen LogP contribution in [0.3, 0.4) is 0 Å². The maximum Gasteiger partial charge on any atom is 0.319 e. The Morgan fingerprint density at radius 2 is 1.79 bits per heavy atom. The molecule has 0 aliphatic carbocycles. The number of rotatable bonds is 6. The normalized spacial score (nSPS) is 12.4. The lowest BCUT2D eigenvalue weighted by molar-refractivity contribution is -0.138. The first-order chi connectivity index (χ1) is 8.69. The van der Waals surface area contributed by atoms with E-state index in [1.807, 2.05) is 6.92 Å². The SMILES string of the molecule is CCCS(=O)(=O)c1ccc(SC(C)(C)C(=O)O)cc1. The van der Waals surface area contributed by atoms with E-state index >= 15 is 0 Å². The second kappa shape index (κ2) is 5.96. The molecule has 1 aromatic carbocycles. The van der Waals surface area contributed by atoms with Crippen molar-refractivity contribution in [2.75, 3.05) is 5.75 Å². The highest BCUT2D eigenvalue weighted by molar-refractivity contribution is 8.01. The fraction of sp³-hybridized carbons (Fsp3) is 0.462. The van der Waals surface area contributed by atoms with Gasteiger partial charge < -0.3 is 5.11 Å². The molecule has 106 valence electrons. The zero-order chi connectivity index (χ0) is 14.7. The van der Waals surface area contributed by atoms with Crippen molar-refractivity contribution in [3.63, 3.8) is 0 Å². The smallest absolute Gasteiger partial charge is 0.319 e. The highest BCUT2D eigenvalue weighted by Gasteiger charge is 2.28. The van der Waals surface area contributed by atoms with E-state index in [1.165, 1.54) is 23.9 Å². The van der Waals surface area contributed by atoms with Gasteiger partial charge in [-0.3, -0.25) is 4.79 Å². The largest absolute Gasteiger partial charge is 0.480 e. The maximum absolute atomic E-state index is 11.8. The molecular formula is C13H18O4S2. The summed E-state index contributed by atoms with van der Waals surface area (Å²) < 4.78 is 22.7. The first kappa shape index (κ1) is 16.0. The summed E-state index contributed by atoms with van der Waals surface area (Å²) in [4.78, 5) is 12.0. The number of carboxylic acid groups (broad SMARTS) is 1. The molecule has 0 aliphatic heterocycles. The van der Waals surface area contributed by atoms with Crippen LogP contribution in [0.1, 0.15) is 27.2 Å². The summed E-state index contributed by atoms with van der Waals surface area (Å²) in [5, 5.41) is 9.04. The highest BCUT2D eigenvalue weighted by atomic mass is 32.2. The molecule has 0 amide bonds. The van der Waals surface area contributed by atoms with Crippen molar-refractivity contribution < 1.29 is 18.3 Å².